The number of carbonyl (C=O) groups is 6. The summed E-state index contributed by atoms with van der Waals surface area (Å²) in [5.41, 5.74) is 5.31. The molecule has 0 aromatic heterocycles. The van der Waals surface area contributed by atoms with Gasteiger partial charge in [-0.15, -0.1) is 0 Å². The van der Waals surface area contributed by atoms with E-state index in [0.717, 1.165) is 33.4 Å². The van der Waals surface area contributed by atoms with Gasteiger partial charge in [0.25, 0.3) is 0 Å². The van der Waals surface area contributed by atoms with Gasteiger partial charge in [-0.1, -0.05) is 111 Å². The van der Waals surface area contributed by atoms with Crippen molar-refractivity contribution in [2.24, 2.45) is 0 Å². The molecule has 93 heavy (non-hydrogen) atoms. The Morgan fingerprint density at radius 3 is 0.828 bits per heavy atom. The standard InChI is InChI=1S/C75H84N6O12/c1-13-37-88-61-31-25-49(26-32-61)40-64(79-70(85)91-73(4,5)6)67(82)76-58-22-16-19-52(46-58)55-43-56(53-20-17-23-59(47-53)77-68(83)65(80-71(86)92-74(7,8)9)41-50-27-33-62(34-28-50)89-38-14-2)45-57(44-55)54-21-18-24-60(48-54)78-69(84)66(81-72(87)93-75(10,11)12)42-51-29-35-63(36-30-51)90-39-15-3/h13-36,43-48,64-66H,1-3,37-42H2,4-12H3,(H,76,82)(H,77,83)(H,78,84)(H,79,85)(H,80,86)(H,81,87)/t64-,65-,66-/m0/s1. The number of hydrogen-bond donors (Lipinski definition) is 6. The Morgan fingerprint density at radius 1 is 0.355 bits per heavy atom. The van der Waals surface area contributed by atoms with Crippen LogP contribution < -0.4 is 46.1 Å². The van der Waals surface area contributed by atoms with E-state index in [4.69, 9.17) is 28.4 Å². The van der Waals surface area contributed by atoms with Gasteiger partial charge in [0, 0.05) is 36.3 Å². The maximum absolute atomic E-state index is 14.4. The van der Waals surface area contributed by atoms with Gasteiger partial charge in [-0.25, -0.2) is 14.4 Å². The molecule has 3 atom stereocenters. The zero-order valence-electron chi connectivity index (χ0n) is 54.3. The number of carbonyl (C=O) groups excluding carboxylic acids is 6. The molecular formula is C75H84N6O12. The number of rotatable bonds is 27. The Balaban J connectivity index is 1.24. The molecule has 7 aromatic carbocycles. The number of hydrogen-bond acceptors (Lipinski definition) is 12. The van der Waals surface area contributed by atoms with Gasteiger partial charge in [-0.3, -0.25) is 14.4 Å². The molecule has 0 fully saturated rings. The van der Waals surface area contributed by atoms with Crippen molar-refractivity contribution >= 4 is 53.1 Å². The second-order valence-electron chi connectivity index (χ2n) is 24.9. The number of nitrogens with one attached hydrogen (secondary N) is 6. The molecular weight excluding hydrogens is 1180 g/mol. The van der Waals surface area contributed by atoms with Crippen LogP contribution in [0.3, 0.4) is 0 Å². The molecule has 6 N–H and O–H groups in total. The lowest BCUT2D eigenvalue weighted by atomic mass is 9.92. The molecule has 0 unspecified atom stereocenters. The summed E-state index contributed by atoms with van der Waals surface area (Å²) in [6.45, 7) is 27.7. The van der Waals surface area contributed by atoms with Crippen molar-refractivity contribution in [1.82, 2.24) is 16.0 Å². The van der Waals surface area contributed by atoms with Crippen molar-refractivity contribution in [3.63, 3.8) is 0 Å². The minimum absolute atomic E-state index is 0.124. The number of anilines is 3. The third-order valence-electron chi connectivity index (χ3n) is 13.5. The highest BCUT2D eigenvalue weighted by Gasteiger charge is 2.29. The largest absolute Gasteiger partial charge is 0.490 e. The predicted molar refractivity (Wildman–Crippen MR) is 366 cm³/mol. The first-order valence-corrected chi connectivity index (χ1v) is 30.6. The number of amides is 6. The average molecular weight is 1260 g/mol. The molecule has 18 heteroatoms. The molecule has 486 valence electrons. The van der Waals surface area contributed by atoms with Crippen LogP contribution in [0.15, 0.2) is 202 Å². The van der Waals surface area contributed by atoms with Crippen molar-refractivity contribution in [2.45, 2.75) is 117 Å². The van der Waals surface area contributed by atoms with Gasteiger partial charge < -0.3 is 60.3 Å². The van der Waals surface area contributed by atoms with Gasteiger partial charge in [0.05, 0.1) is 0 Å². The second-order valence-corrected chi connectivity index (χ2v) is 24.9. The molecule has 0 heterocycles. The fourth-order valence-corrected chi connectivity index (χ4v) is 9.46. The Labute approximate surface area is 545 Å². The lowest BCUT2D eigenvalue weighted by molar-refractivity contribution is -0.118. The van der Waals surface area contributed by atoms with E-state index in [1.165, 1.54) is 0 Å². The van der Waals surface area contributed by atoms with Crippen LogP contribution in [0, 0.1) is 0 Å². The topological polar surface area (TPSA) is 230 Å². The third kappa shape index (κ3) is 23.3. The first-order chi connectivity index (χ1) is 44.2. The zero-order chi connectivity index (χ0) is 67.3. The normalized spacial score (nSPS) is 12.2. The highest BCUT2D eigenvalue weighted by molar-refractivity contribution is 6.00. The number of ether oxygens (including phenoxy) is 6. The quantitative estimate of drug-likeness (QED) is 0.0209. The van der Waals surface area contributed by atoms with Crippen LogP contribution in [0.1, 0.15) is 79.0 Å². The Bertz CT molecular complexity index is 3350. The maximum Gasteiger partial charge on any atom is 0.408 e. The van der Waals surface area contributed by atoms with E-state index in [1.807, 2.05) is 91.0 Å². The Morgan fingerprint density at radius 2 is 0.602 bits per heavy atom. The Kier molecular flexibility index (Phi) is 24.3. The number of benzene rings is 7. The monoisotopic (exact) mass is 1260 g/mol. The van der Waals surface area contributed by atoms with Gasteiger partial charge in [0.1, 0.15) is 72.0 Å². The van der Waals surface area contributed by atoms with Crippen LogP contribution in [0.5, 0.6) is 17.2 Å². The fourth-order valence-electron chi connectivity index (χ4n) is 9.46. The molecule has 0 saturated heterocycles. The minimum Gasteiger partial charge on any atom is -0.490 e. The summed E-state index contributed by atoms with van der Waals surface area (Å²) in [7, 11) is 0. The summed E-state index contributed by atoms with van der Waals surface area (Å²) in [6, 6.07) is 46.2. The first kappa shape index (κ1) is 69.8. The molecule has 0 aliphatic carbocycles. The van der Waals surface area contributed by atoms with Crippen molar-refractivity contribution in [1.29, 1.82) is 0 Å². The van der Waals surface area contributed by atoms with E-state index in [2.05, 4.69) is 51.6 Å². The van der Waals surface area contributed by atoms with Crippen LogP contribution >= 0.6 is 0 Å². The molecule has 0 radical (unpaired) electrons. The minimum atomic E-state index is -1.06. The van der Waals surface area contributed by atoms with Crippen LogP contribution in [-0.2, 0) is 47.9 Å². The van der Waals surface area contributed by atoms with Crippen molar-refractivity contribution in [3.05, 3.63) is 218 Å². The summed E-state index contributed by atoms with van der Waals surface area (Å²) in [5.74, 6) is 0.366. The number of alkyl carbamates (subject to hydrolysis) is 3. The summed E-state index contributed by atoms with van der Waals surface area (Å²) in [6.07, 6.45) is 3.02. The Hall–Kier alpha value is -10.6. The summed E-state index contributed by atoms with van der Waals surface area (Å²) in [4.78, 5) is 83.0. The smallest absolute Gasteiger partial charge is 0.408 e. The lowest BCUT2D eigenvalue weighted by Crippen LogP contribution is -2.47. The van der Waals surface area contributed by atoms with E-state index in [1.54, 1.807) is 153 Å². The molecule has 18 nitrogen and oxygen atoms in total. The van der Waals surface area contributed by atoms with E-state index in [9.17, 15) is 28.8 Å². The first-order valence-electron chi connectivity index (χ1n) is 30.6. The van der Waals surface area contributed by atoms with Crippen molar-refractivity contribution in [2.75, 3.05) is 35.8 Å². The van der Waals surface area contributed by atoms with Crippen molar-refractivity contribution < 1.29 is 57.2 Å². The molecule has 6 amide bonds. The van der Waals surface area contributed by atoms with Crippen LogP contribution in [0.2, 0.25) is 0 Å². The van der Waals surface area contributed by atoms with E-state index in [0.29, 0.717) is 70.8 Å². The molecule has 0 spiro atoms. The zero-order valence-corrected chi connectivity index (χ0v) is 54.3. The average Bonchev–Trinajstić information content (AvgIpc) is 0.830. The van der Waals surface area contributed by atoms with Gasteiger partial charge in [-0.2, -0.15) is 0 Å². The molecule has 7 rings (SSSR count). The predicted octanol–water partition coefficient (Wildman–Crippen LogP) is 14.6. The summed E-state index contributed by atoms with van der Waals surface area (Å²) >= 11 is 0. The SMILES string of the molecule is C=CCOc1ccc(C[C@H](NC(=O)OC(C)(C)C)C(=O)Nc2cccc(-c3cc(-c4cccc(NC(=O)[C@H](Cc5ccc(OCC=C)cc5)NC(=O)OC(C)(C)C)c4)cc(-c4cccc(NC(=O)[C@H](Cc5ccc(OCC=C)cc5)NC(=O)OC(C)(C)C)c4)c3)c2)cc1. The third-order valence-corrected chi connectivity index (χ3v) is 13.5. The van der Waals surface area contributed by atoms with E-state index in [-0.39, 0.29) is 19.3 Å². The van der Waals surface area contributed by atoms with Crippen LogP contribution in [0.25, 0.3) is 33.4 Å². The van der Waals surface area contributed by atoms with Gasteiger partial charge in [0.2, 0.25) is 17.7 Å². The fraction of sp³-hybridized carbons (Fsp3) is 0.280. The van der Waals surface area contributed by atoms with E-state index >= 15 is 0 Å². The molecule has 0 saturated carbocycles. The van der Waals surface area contributed by atoms with Gasteiger partial charge in [0.15, 0.2) is 0 Å². The van der Waals surface area contributed by atoms with Crippen molar-refractivity contribution in [3.8, 4) is 50.6 Å². The maximum atomic E-state index is 14.4. The second kappa shape index (κ2) is 32.4. The van der Waals surface area contributed by atoms with Gasteiger partial charge >= 0.3 is 18.3 Å². The highest BCUT2D eigenvalue weighted by Crippen LogP contribution is 2.36. The van der Waals surface area contributed by atoms with Gasteiger partial charge in [-0.05, 0) is 203 Å². The van der Waals surface area contributed by atoms with Crippen LogP contribution in [0.4, 0.5) is 31.4 Å². The molecule has 0 aliphatic heterocycles. The summed E-state index contributed by atoms with van der Waals surface area (Å²) < 4.78 is 33.8. The lowest BCUT2D eigenvalue weighted by Gasteiger charge is -2.23. The van der Waals surface area contributed by atoms with Crippen LogP contribution in [-0.4, -0.2) is 90.8 Å². The highest BCUT2D eigenvalue weighted by atomic mass is 16.6. The molecule has 0 bridgehead atoms. The van der Waals surface area contributed by atoms with E-state index < -0.39 is 70.9 Å². The summed E-state index contributed by atoms with van der Waals surface area (Å²) in [5, 5.41) is 17.4. The molecule has 7 aromatic rings. The molecule has 0 aliphatic rings.